The summed E-state index contributed by atoms with van der Waals surface area (Å²) in [7, 11) is 0. The Labute approximate surface area is 236 Å². The van der Waals surface area contributed by atoms with Gasteiger partial charge in [-0.15, -0.1) is 10.2 Å². The number of carbonyl (C=O) groups is 1. The maximum atomic E-state index is 13.6. The molecular formula is C30H21ClF3N3O4. The zero-order valence-electron chi connectivity index (χ0n) is 21.5. The van der Waals surface area contributed by atoms with E-state index in [0.29, 0.717) is 11.3 Å². The quantitative estimate of drug-likeness (QED) is 0.180. The second-order valence-corrected chi connectivity index (χ2v) is 9.85. The fraction of sp³-hybridized carbons (Fsp3) is 0.100. The predicted molar refractivity (Wildman–Crippen MR) is 149 cm³/mol. The Morgan fingerprint density at radius 3 is 2.34 bits per heavy atom. The van der Waals surface area contributed by atoms with Gasteiger partial charge in [-0.3, -0.25) is 4.57 Å². The van der Waals surface area contributed by atoms with E-state index in [1.165, 1.54) is 41.0 Å². The summed E-state index contributed by atoms with van der Waals surface area (Å²) < 4.78 is 42.0. The summed E-state index contributed by atoms with van der Waals surface area (Å²) in [5.41, 5.74) is 1.69. The number of hydrogen-bond acceptors (Lipinski definition) is 5. The molecule has 0 atom stereocenters. The van der Waals surface area contributed by atoms with Gasteiger partial charge in [0.15, 0.2) is 11.4 Å². The Kier molecular flexibility index (Phi) is 6.96. The lowest BCUT2D eigenvalue weighted by Gasteiger charge is -2.11. The van der Waals surface area contributed by atoms with E-state index in [2.05, 4.69) is 10.2 Å². The zero-order valence-corrected chi connectivity index (χ0v) is 22.3. The second-order valence-electron chi connectivity index (χ2n) is 9.41. The highest BCUT2D eigenvalue weighted by Gasteiger charge is 2.32. The number of carboxylic acid groups (broad SMARTS) is 1. The number of rotatable bonds is 5. The molecule has 41 heavy (non-hydrogen) atoms. The van der Waals surface area contributed by atoms with Crippen molar-refractivity contribution in [2.45, 2.75) is 20.0 Å². The van der Waals surface area contributed by atoms with Crippen molar-refractivity contribution in [3.63, 3.8) is 0 Å². The van der Waals surface area contributed by atoms with E-state index in [1.807, 2.05) is 13.8 Å². The van der Waals surface area contributed by atoms with E-state index in [9.17, 15) is 33.3 Å². The number of carboxylic acids is 1. The lowest BCUT2D eigenvalue weighted by atomic mass is 10.0. The normalized spacial score (nSPS) is 12.0. The van der Waals surface area contributed by atoms with Crippen LogP contribution in [0.15, 0.2) is 83.0 Å². The van der Waals surface area contributed by atoms with Crippen molar-refractivity contribution in [3.05, 3.63) is 100 Å². The molecule has 4 aromatic carbocycles. The van der Waals surface area contributed by atoms with Crippen LogP contribution < -0.4 is 0 Å². The summed E-state index contributed by atoms with van der Waals surface area (Å²) in [6.07, 6.45) is -4.62. The van der Waals surface area contributed by atoms with Gasteiger partial charge in [0.2, 0.25) is 5.88 Å². The van der Waals surface area contributed by atoms with Gasteiger partial charge in [-0.05, 0) is 85.1 Å². The van der Waals surface area contributed by atoms with E-state index >= 15 is 0 Å². The van der Waals surface area contributed by atoms with Crippen molar-refractivity contribution in [3.8, 4) is 28.4 Å². The van der Waals surface area contributed by atoms with E-state index in [4.69, 9.17) is 11.6 Å². The molecule has 1 heterocycles. The van der Waals surface area contributed by atoms with Crippen LogP contribution >= 0.6 is 11.6 Å². The molecule has 0 aliphatic heterocycles. The molecule has 1 aromatic heterocycles. The van der Waals surface area contributed by atoms with Gasteiger partial charge in [0.25, 0.3) is 0 Å². The number of halogens is 4. The van der Waals surface area contributed by atoms with E-state index in [0.717, 1.165) is 23.3 Å². The molecule has 3 N–H and O–H groups in total. The van der Waals surface area contributed by atoms with Crippen LogP contribution in [0.25, 0.3) is 27.7 Å². The Morgan fingerprint density at radius 1 is 0.902 bits per heavy atom. The molecular weight excluding hydrogens is 559 g/mol. The number of phenolic OH excluding ortho intramolecular Hbond substituents is 1. The molecule has 0 spiro atoms. The molecule has 208 valence electrons. The highest BCUT2D eigenvalue weighted by Crippen LogP contribution is 2.46. The fourth-order valence-corrected chi connectivity index (χ4v) is 4.68. The van der Waals surface area contributed by atoms with Gasteiger partial charge in [-0.1, -0.05) is 29.8 Å². The van der Waals surface area contributed by atoms with Crippen molar-refractivity contribution in [1.29, 1.82) is 0 Å². The first-order valence-electron chi connectivity index (χ1n) is 12.2. The summed E-state index contributed by atoms with van der Waals surface area (Å²) in [5.74, 6) is -1.97. The number of hydrogen-bond donors (Lipinski definition) is 3. The Hall–Kier alpha value is -4.83. The lowest BCUT2D eigenvalue weighted by Crippen LogP contribution is -2.05. The molecule has 11 heteroatoms. The standard InChI is InChI=1S/C30H21ClF3N3O4/c1-15-6-8-21(10-16(15)2)37-25-12-19(30(32,33)34)7-9-22(25)26(28(37)39)36-35-24-14-20(31)13-23(27(24)38)17-4-3-5-18(11-17)29(40)41/h3-14,38-39H,1-2H3,(H,40,41). The number of phenols is 1. The number of benzene rings is 4. The molecule has 7 nitrogen and oxygen atoms in total. The topological polar surface area (TPSA) is 107 Å². The van der Waals surface area contributed by atoms with Crippen LogP contribution in [0.2, 0.25) is 5.02 Å². The van der Waals surface area contributed by atoms with Crippen LogP contribution in [-0.2, 0) is 6.18 Å². The molecule has 0 radical (unpaired) electrons. The maximum Gasteiger partial charge on any atom is 0.416 e. The molecule has 0 saturated heterocycles. The van der Waals surface area contributed by atoms with Crippen LogP contribution in [0.1, 0.15) is 27.0 Å². The average molecular weight is 580 g/mol. The number of aromatic carboxylic acids is 1. The third-order valence-corrected chi connectivity index (χ3v) is 6.94. The number of aromatic nitrogens is 1. The largest absolute Gasteiger partial charge is 0.505 e. The van der Waals surface area contributed by atoms with E-state index in [-0.39, 0.29) is 44.2 Å². The van der Waals surface area contributed by atoms with Crippen LogP contribution in [-0.4, -0.2) is 25.9 Å². The van der Waals surface area contributed by atoms with Gasteiger partial charge in [-0.2, -0.15) is 13.2 Å². The molecule has 0 aliphatic rings. The number of nitrogens with zero attached hydrogens (tertiary/aromatic N) is 3. The monoisotopic (exact) mass is 579 g/mol. The first-order chi connectivity index (χ1) is 19.3. The molecule has 0 unspecified atom stereocenters. The number of fused-ring (bicyclic) bond motifs is 1. The van der Waals surface area contributed by atoms with Gasteiger partial charge in [-0.25, -0.2) is 4.79 Å². The SMILES string of the molecule is Cc1ccc(-n2c(O)c(N=Nc3cc(Cl)cc(-c4cccc(C(=O)O)c4)c3O)c3ccc(C(F)(F)F)cc32)cc1C. The first kappa shape index (κ1) is 27.7. The van der Waals surface area contributed by atoms with E-state index < -0.39 is 23.6 Å². The molecule has 0 amide bonds. The zero-order chi connectivity index (χ0) is 29.6. The van der Waals surface area contributed by atoms with Crippen molar-refractivity contribution in [1.82, 2.24) is 4.57 Å². The van der Waals surface area contributed by atoms with Crippen molar-refractivity contribution >= 4 is 39.8 Å². The maximum absolute atomic E-state index is 13.6. The number of aromatic hydroxyl groups is 2. The molecule has 5 rings (SSSR count). The van der Waals surface area contributed by atoms with Gasteiger partial charge in [0, 0.05) is 21.7 Å². The van der Waals surface area contributed by atoms with Crippen molar-refractivity contribution in [2.75, 3.05) is 0 Å². The second kappa shape index (κ2) is 10.3. The first-order valence-corrected chi connectivity index (χ1v) is 12.5. The minimum atomic E-state index is -4.62. The fourth-order valence-electron chi connectivity index (χ4n) is 4.46. The van der Waals surface area contributed by atoms with Gasteiger partial charge >= 0.3 is 12.1 Å². The number of aryl methyl sites for hydroxylation is 2. The Morgan fingerprint density at radius 2 is 1.66 bits per heavy atom. The average Bonchev–Trinajstić information content (AvgIpc) is 3.20. The number of azo groups is 1. The predicted octanol–water partition coefficient (Wildman–Crippen LogP) is 9.11. The van der Waals surface area contributed by atoms with Gasteiger partial charge in [0.1, 0.15) is 5.69 Å². The lowest BCUT2D eigenvalue weighted by molar-refractivity contribution is -0.137. The summed E-state index contributed by atoms with van der Waals surface area (Å²) in [6.45, 7) is 3.73. The third kappa shape index (κ3) is 5.21. The van der Waals surface area contributed by atoms with Crippen LogP contribution in [0, 0.1) is 13.8 Å². The van der Waals surface area contributed by atoms with Crippen molar-refractivity contribution < 1.29 is 33.3 Å². The van der Waals surface area contributed by atoms with Gasteiger partial charge in [0.05, 0.1) is 16.6 Å². The minimum Gasteiger partial charge on any atom is -0.505 e. The minimum absolute atomic E-state index is 0.00708. The number of alkyl halides is 3. The Bertz CT molecular complexity index is 1880. The molecule has 0 saturated carbocycles. The Balaban J connectivity index is 1.68. The summed E-state index contributed by atoms with van der Waals surface area (Å²) in [5, 5.41) is 40.1. The highest BCUT2D eigenvalue weighted by atomic mass is 35.5. The van der Waals surface area contributed by atoms with Crippen molar-refractivity contribution in [2.24, 2.45) is 10.2 Å². The van der Waals surface area contributed by atoms with Crippen LogP contribution in [0.3, 0.4) is 0 Å². The summed E-state index contributed by atoms with van der Waals surface area (Å²) in [4.78, 5) is 11.4. The van der Waals surface area contributed by atoms with Crippen LogP contribution in [0.5, 0.6) is 11.6 Å². The molecule has 0 aliphatic carbocycles. The molecule has 0 bridgehead atoms. The summed E-state index contributed by atoms with van der Waals surface area (Å²) >= 11 is 6.26. The van der Waals surface area contributed by atoms with Crippen LogP contribution in [0.4, 0.5) is 24.5 Å². The highest BCUT2D eigenvalue weighted by molar-refractivity contribution is 6.31. The van der Waals surface area contributed by atoms with E-state index in [1.54, 1.807) is 24.3 Å². The van der Waals surface area contributed by atoms with Gasteiger partial charge < -0.3 is 15.3 Å². The third-order valence-electron chi connectivity index (χ3n) is 6.73. The molecule has 5 aromatic rings. The smallest absolute Gasteiger partial charge is 0.416 e. The molecule has 0 fully saturated rings. The summed E-state index contributed by atoms with van der Waals surface area (Å²) in [6, 6.07) is 16.8.